The van der Waals surface area contributed by atoms with Gasteiger partial charge in [0.1, 0.15) is 0 Å². The van der Waals surface area contributed by atoms with Crippen molar-refractivity contribution in [2.75, 3.05) is 37.0 Å². The summed E-state index contributed by atoms with van der Waals surface area (Å²) in [7, 11) is 10.1. The number of unbranched alkanes of at least 4 members (excludes halogenated alkanes) is 6. The quantitative estimate of drug-likeness (QED) is 0.103. The van der Waals surface area contributed by atoms with Crippen LogP contribution in [0.2, 0.25) is 0 Å². The summed E-state index contributed by atoms with van der Waals surface area (Å²) < 4.78 is 0. The molecule has 0 aromatic carbocycles. The van der Waals surface area contributed by atoms with Crippen LogP contribution in [0, 0.1) is 12.1 Å². The Morgan fingerprint density at radius 3 is 0.800 bits per heavy atom. The van der Waals surface area contributed by atoms with E-state index in [1.54, 1.807) is 97.2 Å². The molecule has 0 radical (unpaired) electrons. The first kappa shape index (κ1) is 49.1. The zero-order chi connectivity index (χ0) is 31.0. The monoisotopic (exact) mass is 1030 g/mol. The Bertz CT molecular complexity index is 443. The average molecular weight is 1030 g/mol. The molecule has 0 N–H and O–H groups in total. The van der Waals surface area contributed by atoms with Gasteiger partial charge in [0, 0.05) is 0 Å². The molecule has 0 spiro atoms. The van der Waals surface area contributed by atoms with E-state index in [-0.39, 0.29) is 0 Å². The van der Waals surface area contributed by atoms with E-state index in [1.807, 2.05) is 33.7 Å². The summed E-state index contributed by atoms with van der Waals surface area (Å²) in [5.41, 5.74) is 0. The van der Waals surface area contributed by atoms with E-state index < -0.39 is 0 Å². The van der Waals surface area contributed by atoms with Crippen molar-refractivity contribution >= 4 is 57.4 Å². The van der Waals surface area contributed by atoms with Gasteiger partial charge in [0.2, 0.25) is 0 Å². The molecule has 2 aromatic rings. The van der Waals surface area contributed by atoms with E-state index in [4.69, 9.17) is 0 Å². The van der Waals surface area contributed by atoms with Crippen molar-refractivity contribution in [2.45, 2.75) is 119 Å². The molecule has 0 saturated carbocycles. The van der Waals surface area contributed by atoms with Crippen LogP contribution in [0.15, 0.2) is 33.7 Å². The molecular weight excluding hydrogens is 971 g/mol. The molecule has 0 saturated heterocycles. The summed E-state index contributed by atoms with van der Waals surface area (Å²) in [5, 5.41) is 7.81. The first-order valence-electron chi connectivity index (χ1n) is 15.1. The fraction of sp³-hybridized carbons (Fsp3) is 0.750. The Labute approximate surface area is 293 Å². The fourth-order valence-corrected chi connectivity index (χ4v) is 10.1. The topological polar surface area (TPSA) is 0 Å². The zero-order valence-electron chi connectivity index (χ0n) is 26.3. The van der Waals surface area contributed by atoms with Crippen LogP contribution in [0.1, 0.15) is 119 Å². The molecule has 40 heavy (non-hydrogen) atoms. The van der Waals surface area contributed by atoms with Crippen molar-refractivity contribution in [3.63, 3.8) is 0 Å². The Balaban J connectivity index is -0.000000221. The fourth-order valence-electron chi connectivity index (χ4n) is 3.35. The molecule has 2 aromatic heterocycles. The molecule has 244 valence electrons. The normalized spacial score (nSPS) is 9.55. The van der Waals surface area contributed by atoms with Gasteiger partial charge >= 0.3 is 56.4 Å². The predicted molar refractivity (Wildman–Crippen MR) is 191 cm³/mol. The molecule has 2 heterocycles. The molecule has 0 aliphatic heterocycles. The second-order valence-corrected chi connectivity index (χ2v) is 16.2. The van der Waals surface area contributed by atoms with E-state index in [9.17, 15) is 0 Å². The third-order valence-corrected chi connectivity index (χ3v) is 12.5. The maximum atomic E-state index is 4.61. The molecule has 0 unspecified atom stereocenters. The van der Waals surface area contributed by atoms with Crippen molar-refractivity contribution in [2.24, 2.45) is 0 Å². The first-order chi connectivity index (χ1) is 19.7. The summed E-state index contributed by atoms with van der Waals surface area (Å²) in [6, 6.07) is 9.55. The van der Waals surface area contributed by atoms with Gasteiger partial charge in [-0.15, -0.1) is 26.6 Å². The SMILES string of the molecule is CCCCP(CCCC)CCCC.CCCCP(CCCC)CCCC.[Cl][Pt+].[Cl][Pt+].[c-]1ccsc1.[c-]1ccsc1. The van der Waals surface area contributed by atoms with Crippen molar-refractivity contribution < 1.29 is 37.5 Å². The maximum Gasteiger partial charge on any atom is -0.120 e. The largest absolute Gasteiger partial charge is 0.273 e. The van der Waals surface area contributed by atoms with E-state index in [1.165, 1.54) is 77.0 Å². The van der Waals surface area contributed by atoms with Crippen LogP contribution >= 0.6 is 57.4 Å². The zero-order valence-corrected chi connectivity index (χ0v) is 35.8. The number of rotatable bonds is 18. The maximum absolute atomic E-state index is 4.61. The second-order valence-electron chi connectivity index (χ2n) is 9.25. The molecule has 8 heteroatoms. The van der Waals surface area contributed by atoms with Crippen molar-refractivity contribution in [1.29, 1.82) is 0 Å². The Hall–Kier alpha value is 2.22. The van der Waals surface area contributed by atoms with Gasteiger partial charge in [-0.1, -0.05) is 80.1 Å². The molecule has 0 amide bonds. The molecular formula is C32H60Cl2P2Pt2S2. The summed E-state index contributed by atoms with van der Waals surface area (Å²) in [6.45, 7) is 13.9. The summed E-state index contributed by atoms with van der Waals surface area (Å²) >= 11 is 6.54. The first-order valence-corrected chi connectivity index (χ1v) is 26.5. The van der Waals surface area contributed by atoms with E-state index >= 15 is 0 Å². The van der Waals surface area contributed by atoms with E-state index in [2.05, 4.69) is 72.5 Å². The molecule has 2 rings (SSSR count). The van der Waals surface area contributed by atoms with Crippen LogP contribution in [0.4, 0.5) is 0 Å². The van der Waals surface area contributed by atoms with E-state index in [0.717, 1.165) is 0 Å². The van der Waals surface area contributed by atoms with Gasteiger partial charge in [-0.2, -0.15) is 10.8 Å². The van der Waals surface area contributed by atoms with Gasteiger partial charge in [0.15, 0.2) is 0 Å². The third-order valence-electron chi connectivity index (χ3n) is 5.73. The minimum Gasteiger partial charge on any atom is -0.273 e. The van der Waals surface area contributed by atoms with Crippen molar-refractivity contribution in [3.8, 4) is 0 Å². The Morgan fingerprint density at radius 1 is 0.475 bits per heavy atom. The van der Waals surface area contributed by atoms with Gasteiger partial charge in [0.25, 0.3) is 0 Å². The molecule has 0 nitrogen and oxygen atoms in total. The smallest absolute Gasteiger partial charge is 0.120 e. The van der Waals surface area contributed by atoms with Crippen molar-refractivity contribution in [3.05, 3.63) is 45.8 Å². The van der Waals surface area contributed by atoms with Crippen LogP contribution in [0.25, 0.3) is 0 Å². The van der Waals surface area contributed by atoms with Crippen LogP contribution in [-0.2, 0) is 37.5 Å². The van der Waals surface area contributed by atoms with Gasteiger partial charge in [-0.3, -0.25) is 22.7 Å². The van der Waals surface area contributed by atoms with Crippen LogP contribution in [0.3, 0.4) is 0 Å². The molecule has 0 fully saturated rings. The number of halogens is 2. The van der Waals surface area contributed by atoms with E-state index in [0.29, 0.717) is 15.8 Å². The molecule has 0 aliphatic rings. The van der Waals surface area contributed by atoms with Gasteiger partial charge in [-0.05, 0) is 75.5 Å². The minimum atomic E-state index is 0.422. The molecule has 0 bridgehead atoms. The Kier molecular flexibility index (Phi) is 62.4. The Morgan fingerprint density at radius 2 is 0.700 bits per heavy atom. The number of thiophene rings is 2. The van der Waals surface area contributed by atoms with Crippen LogP contribution in [-0.4, -0.2) is 37.0 Å². The summed E-state index contributed by atoms with van der Waals surface area (Å²) in [4.78, 5) is 0. The van der Waals surface area contributed by atoms with Gasteiger partial charge < -0.3 is 0 Å². The minimum absolute atomic E-state index is 0.422. The summed E-state index contributed by atoms with van der Waals surface area (Å²) in [6.07, 6.45) is 26.4. The standard InChI is InChI=1S/2C12H27P.2C4H3S.2ClH.2Pt/c2*1-4-7-10-13(11-8-5-2)12-9-6-3;2*1-2-4-5-3-1;;;;/h2*4-12H2,1-3H3;2*1,3-4H;2*1H;;/q;;2*-1;;;2*+2/p-2. The second kappa shape index (κ2) is 50.8. The third kappa shape index (κ3) is 47.2. The predicted octanol–water partition coefficient (Wildman–Crippen LogP) is 14.2. The molecule has 0 atom stereocenters. The molecule has 0 aliphatic carbocycles. The number of hydrogen-bond acceptors (Lipinski definition) is 2. The van der Waals surface area contributed by atoms with Gasteiger partial charge in [-0.25, -0.2) is 24.3 Å². The average Bonchev–Trinajstić information content (AvgIpc) is 3.79. The van der Waals surface area contributed by atoms with Crippen LogP contribution < -0.4 is 0 Å². The van der Waals surface area contributed by atoms with Gasteiger partial charge in [0.05, 0.1) is 0 Å². The number of hydrogen-bond donors (Lipinski definition) is 0. The van der Waals surface area contributed by atoms with Crippen LogP contribution in [0.5, 0.6) is 0 Å². The van der Waals surface area contributed by atoms with Crippen molar-refractivity contribution in [1.82, 2.24) is 0 Å². The summed E-state index contributed by atoms with van der Waals surface area (Å²) in [5.74, 6) is 0.